The minimum atomic E-state index is -0.539. The van der Waals surface area contributed by atoms with E-state index in [2.05, 4.69) is 10.6 Å². The number of amides is 2. The summed E-state index contributed by atoms with van der Waals surface area (Å²) in [5, 5.41) is 5.37. The SMILES string of the molecule is O=C(Nc1c(Cl)cc(F)cc1Cl)NC1CC1. The lowest BCUT2D eigenvalue weighted by Gasteiger charge is -2.10. The summed E-state index contributed by atoms with van der Waals surface area (Å²) in [6.07, 6.45) is 1.97. The Kier molecular flexibility index (Phi) is 3.21. The zero-order valence-corrected chi connectivity index (χ0v) is 9.70. The number of carbonyl (C=O) groups excluding carboxylic acids is 1. The zero-order valence-electron chi connectivity index (χ0n) is 8.19. The third-order valence-corrected chi connectivity index (χ3v) is 2.75. The van der Waals surface area contributed by atoms with E-state index in [-0.39, 0.29) is 27.8 Å². The summed E-state index contributed by atoms with van der Waals surface area (Å²) in [6, 6.07) is 2.05. The summed E-state index contributed by atoms with van der Waals surface area (Å²) in [7, 11) is 0. The number of urea groups is 1. The molecule has 0 unspecified atom stereocenters. The van der Waals surface area contributed by atoms with Gasteiger partial charge in [-0.1, -0.05) is 23.2 Å². The first-order valence-electron chi connectivity index (χ1n) is 4.78. The van der Waals surface area contributed by atoms with Crippen LogP contribution in [0.4, 0.5) is 14.9 Å². The maximum absolute atomic E-state index is 12.9. The fraction of sp³-hybridized carbons (Fsp3) is 0.300. The summed E-state index contributed by atoms with van der Waals surface area (Å²) >= 11 is 11.5. The molecule has 6 heteroatoms. The van der Waals surface area contributed by atoms with Crippen molar-refractivity contribution in [1.29, 1.82) is 0 Å². The van der Waals surface area contributed by atoms with Crippen LogP contribution in [-0.2, 0) is 0 Å². The fourth-order valence-corrected chi connectivity index (χ4v) is 1.78. The molecule has 0 bridgehead atoms. The van der Waals surface area contributed by atoms with Crippen LogP contribution >= 0.6 is 23.2 Å². The zero-order chi connectivity index (χ0) is 11.7. The molecule has 0 heterocycles. The number of anilines is 1. The van der Waals surface area contributed by atoms with E-state index in [9.17, 15) is 9.18 Å². The topological polar surface area (TPSA) is 41.1 Å². The van der Waals surface area contributed by atoms with Gasteiger partial charge < -0.3 is 10.6 Å². The van der Waals surface area contributed by atoms with Crippen LogP contribution < -0.4 is 10.6 Å². The summed E-state index contributed by atoms with van der Waals surface area (Å²) in [5.41, 5.74) is 0.225. The third-order valence-electron chi connectivity index (χ3n) is 2.16. The molecule has 16 heavy (non-hydrogen) atoms. The van der Waals surface area contributed by atoms with E-state index in [1.165, 1.54) is 0 Å². The molecule has 0 atom stereocenters. The lowest BCUT2D eigenvalue weighted by Crippen LogP contribution is -2.30. The average molecular weight is 263 g/mol. The number of nitrogens with one attached hydrogen (secondary N) is 2. The molecule has 0 spiro atoms. The van der Waals surface area contributed by atoms with Crippen LogP contribution in [0.1, 0.15) is 12.8 Å². The molecule has 1 aromatic carbocycles. The Labute approximate surface area is 102 Å². The Hall–Kier alpha value is -1.00. The number of hydrogen-bond acceptors (Lipinski definition) is 1. The van der Waals surface area contributed by atoms with Crippen LogP contribution in [0.25, 0.3) is 0 Å². The van der Waals surface area contributed by atoms with E-state index in [0.29, 0.717) is 0 Å². The molecule has 2 N–H and O–H groups in total. The number of benzene rings is 1. The van der Waals surface area contributed by atoms with Gasteiger partial charge in [-0.25, -0.2) is 9.18 Å². The van der Waals surface area contributed by atoms with Crippen LogP contribution in [0.5, 0.6) is 0 Å². The average Bonchev–Trinajstić information content (AvgIpc) is 2.95. The van der Waals surface area contributed by atoms with E-state index < -0.39 is 5.82 Å². The molecule has 1 aliphatic rings. The Morgan fingerprint density at radius 3 is 2.38 bits per heavy atom. The summed E-state index contributed by atoms with van der Waals surface area (Å²) in [5.74, 6) is -0.539. The number of rotatable bonds is 2. The van der Waals surface area contributed by atoms with Crippen molar-refractivity contribution >= 4 is 34.9 Å². The van der Waals surface area contributed by atoms with Crippen molar-refractivity contribution in [3.8, 4) is 0 Å². The van der Waals surface area contributed by atoms with Gasteiger partial charge in [0.2, 0.25) is 0 Å². The standard InChI is InChI=1S/C10H9Cl2FN2O/c11-7-3-5(13)4-8(12)9(7)15-10(16)14-6-1-2-6/h3-4,6H,1-2H2,(H2,14,15,16). The molecule has 2 amide bonds. The molecular formula is C10H9Cl2FN2O. The smallest absolute Gasteiger partial charge is 0.319 e. The molecule has 0 radical (unpaired) electrons. The molecule has 0 saturated heterocycles. The van der Waals surface area contributed by atoms with Gasteiger partial charge in [0.05, 0.1) is 15.7 Å². The molecule has 1 fully saturated rings. The maximum atomic E-state index is 12.9. The van der Waals surface area contributed by atoms with Gasteiger partial charge in [-0.05, 0) is 25.0 Å². The normalized spacial score (nSPS) is 14.7. The second-order valence-electron chi connectivity index (χ2n) is 3.62. The van der Waals surface area contributed by atoms with E-state index in [4.69, 9.17) is 23.2 Å². The maximum Gasteiger partial charge on any atom is 0.319 e. The van der Waals surface area contributed by atoms with Crippen LogP contribution in [0, 0.1) is 5.82 Å². The second kappa shape index (κ2) is 4.47. The Morgan fingerprint density at radius 1 is 1.31 bits per heavy atom. The van der Waals surface area contributed by atoms with Gasteiger partial charge in [0.25, 0.3) is 0 Å². The predicted molar refractivity (Wildman–Crippen MR) is 61.6 cm³/mol. The quantitative estimate of drug-likeness (QED) is 0.843. The van der Waals surface area contributed by atoms with Crippen molar-refractivity contribution in [2.45, 2.75) is 18.9 Å². The Bertz CT molecular complexity index is 412. The first kappa shape index (κ1) is 11.5. The van der Waals surface area contributed by atoms with Crippen molar-refractivity contribution in [3.05, 3.63) is 28.0 Å². The molecule has 1 aromatic rings. The number of carbonyl (C=O) groups is 1. The highest BCUT2D eigenvalue weighted by Crippen LogP contribution is 2.31. The number of hydrogen-bond donors (Lipinski definition) is 2. The lowest BCUT2D eigenvalue weighted by atomic mass is 10.3. The van der Waals surface area contributed by atoms with Crippen molar-refractivity contribution in [1.82, 2.24) is 5.32 Å². The van der Waals surface area contributed by atoms with E-state index in [1.807, 2.05) is 0 Å². The van der Waals surface area contributed by atoms with Crippen molar-refractivity contribution in [2.24, 2.45) is 0 Å². The minimum absolute atomic E-state index is 0.0796. The van der Waals surface area contributed by atoms with E-state index >= 15 is 0 Å². The van der Waals surface area contributed by atoms with Crippen molar-refractivity contribution < 1.29 is 9.18 Å². The highest BCUT2D eigenvalue weighted by molar-refractivity contribution is 6.39. The molecule has 2 rings (SSSR count). The van der Waals surface area contributed by atoms with Gasteiger partial charge in [0.1, 0.15) is 5.82 Å². The van der Waals surface area contributed by atoms with Gasteiger partial charge in [0.15, 0.2) is 0 Å². The highest BCUT2D eigenvalue weighted by Gasteiger charge is 2.23. The van der Waals surface area contributed by atoms with Gasteiger partial charge in [-0.2, -0.15) is 0 Å². The molecular weight excluding hydrogens is 254 g/mol. The van der Waals surface area contributed by atoms with Gasteiger partial charge in [0, 0.05) is 6.04 Å². The number of halogens is 3. The van der Waals surface area contributed by atoms with E-state index in [0.717, 1.165) is 25.0 Å². The lowest BCUT2D eigenvalue weighted by molar-refractivity contribution is 0.251. The molecule has 1 aliphatic carbocycles. The fourth-order valence-electron chi connectivity index (χ4n) is 1.22. The molecule has 3 nitrogen and oxygen atoms in total. The monoisotopic (exact) mass is 262 g/mol. The van der Waals surface area contributed by atoms with Crippen LogP contribution in [-0.4, -0.2) is 12.1 Å². The molecule has 0 aliphatic heterocycles. The van der Waals surface area contributed by atoms with Gasteiger partial charge >= 0.3 is 6.03 Å². The summed E-state index contributed by atoms with van der Waals surface area (Å²) in [6.45, 7) is 0. The van der Waals surface area contributed by atoms with E-state index in [1.54, 1.807) is 0 Å². The van der Waals surface area contributed by atoms with Crippen LogP contribution in [0.15, 0.2) is 12.1 Å². The first-order chi connectivity index (χ1) is 7.56. The van der Waals surface area contributed by atoms with Crippen molar-refractivity contribution in [3.63, 3.8) is 0 Å². The molecule has 1 saturated carbocycles. The van der Waals surface area contributed by atoms with Gasteiger partial charge in [-0.3, -0.25) is 0 Å². The van der Waals surface area contributed by atoms with Gasteiger partial charge in [-0.15, -0.1) is 0 Å². The van der Waals surface area contributed by atoms with Crippen molar-refractivity contribution in [2.75, 3.05) is 5.32 Å². The van der Waals surface area contributed by atoms with Crippen LogP contribution in [0.3, 0.4) is 0 Å². The highest BCUT2D eigenvalue weighted by atomic mass is 35.5. The minimum Gasteiger partial charge on any atom is -0.335 e. The Balaban J connectivity index is 2.10. The second-order valence-corrected chi connectivity index (χ2v) is 4.43. The molecule has 0 aromatic heterocycles. The Morgan fingerprint density at radius 2 is 1.88 bits per heavy atom. The first-order valence-corrected chi connectivity index (χ1v) is 5.54. The van der Waals surface area contributed by atoms with Crippen LogP contribution in [0.2, 0.25) is 10.0 Å². The summed E-state index contributed by atoms with van der Waals surface area (Å²) in [4.78, 5) is 11.4. The third kappa shape index (κ3) is 2.77. The predicted octanol–water partition coefficient (Wildman–Crippen LogP) is 3.42. The largest absolute Gasteiger partial charge is 0.335 e. The summed E-state index contributed by atoms with van der Waals surface area (Å²) < 4.78 is 12.9. The molecule has 86 valence electrons.